The van der Waals surface area contributed by atoms with E-state index in [2.05, 4.69) is 12.2 Å². The Bertz CT molecular complexity index is 162. The van der Waals surface area contributed by atoms with Gasteiger partial charge in [0.25, 0.3) is 0 Å². The van der Waals surface area contributed by atoms with Gasteiger partial charge in [-0.2, -0.15) is 0 Å². The van der Waals surface area contributed by atoms with Crippen LogP contribution in [0.15, 0.2) is 0 Å². The van der Waals surface area contributed by atoms with Crippen LogP contribution in [-0.4, -0.2) is 18.9 Å². The van der Waals surface area contributed by atoms with E-state index < -0.39 is 0 Å². The number of nitrogens with one attached hydrogen (secondary N) is 1. The van der Waals surface area contributed by atoms with Crippen molar-refractivity contribution in [2.45, 2.75) is 51.9 Å². The van der Waals surface area contributed by atoms with E-state index in [1.807, 2.05) is 0 Å². The first kappa shape index (κ1) is 11.7. The van der Waals surface area contributed by atoms with Crippen molar-refractivity contribution in [1.29, 1.82) is 0 Å². The van der Waals surface area contributed by atoms with Crippen LogP contribution >= 0.6 is 0 Å². The predicted molar refractivity (Wildman–Crippen MR) is 59.4 cm³/mol. The lowest BCUT2D eigenvalue weighted by Gasteiger charge is -2.21. The first-order chi connectivity index (χ1) is 6.84. The van der Waals surface area contributed by atoms with Gasteiger partial charge in [0.05, 0.1) is 0 Å². The third kappa shape index (κ3) is 4.23. The molecule has 1 aliphatic heterocycles. The molecule has 1 rings (SSSR count). The number of unbranched alkanes of at least 4 members (excludes halogenated alkanes) is 3. The summed E-state index contributed by atoms with van der Waals surface area (Å²) < 4.78 is 0. The third-order valence-corrected chi connectivity index (χ3v) is 3.03. The first-order valence-electron chi connectivity index (χ1n) is 6.08. The highest BCUT2D eigenvalue weighted by molar-refractivity contribution is 5.81. The van der Waals surface area contributed by atoms with Gasteiger partial charge in [-0.3, -0.25) is 4.79 Å². The van der Waals surface area contributed by atoms with Crippen molar-refractivity contribution in [2.24, 2.45) is 5.92 Å². The van der Waals surface area contributed by atoms with E-state index in [1.54, 1.807) is 0 Å². The van der Waals surface area contributed by atoms with Gasteiger partial charge in [0.15, 0.2) is 0 Å². The van der Waals surface area contributed by atoms with Crippen LogP contribution in [0, 0.1) is 5.92 Å². The molecular formula is C12H23NO. The van der Waals surface area contributed by atoms with E-state index in [1.165, 1.54) is 25.7 Å². The van der Waals surface area contributed by atoms with Crippen LogP contribution in [0.25, 0.3) is 0 Å². The Morgan fingerprint density at radius 3 is 2.86 bits per heavy atom. The quantitative estimate of drug-likeness (QED) is 0.663. The zero-order valence-corrected chi connectivity index (χ0v) is 9.35. The molecule has 0 aromatic carbocycles. The zero-order valence-electron chi connectivity index (χ0n) is 9.35. The molecule has 1 unspecified atom stereocenters. The largest absolute Gasteiger partial charge is 0.316 e. The van der Waals surface area contributed by atoms with Crippen molar-refractivity contribution < 1.29 is 4.79 Å². The molecule has 82 valence electrons. The molecule has 1 heterocycles. The minimum absolute atomic E-state index is 0.324. The maximum Gasteiger partial charge on any atom is 0.137 e. The third-order valence-electron chi connectivity index (χ3n) is 3.03. The maximum atomic E-state index is 11.7. The molecule has 2 nitrogen and oxygen atoms in total. The number of carbonyl (C=O) groups is 1. The normalized spacial score (nSPS) is 22.2. The van der Waals surface area contributed by atoms with Crippen molar-refractivity contribution in [3.63, 3.8) is 0 Å². The molecule has 1 aliphatic rings. The van der Waals surface area contributed by atoms with E-state index in [-0.39, 0.29) is 0 Å². The van der Waals surface area contributed by atoms with Crippen LogP contribution in [0.5, 0.6) is 0 Å². The maximum absolute atomic E-state index is 11.7. The molecule has 1 atom stereocenters. The lowest BCUT2D eigenvalue weighted by molar-refractivity contribution is -0.123. The highest BCUT2D eigenvalue weighted by Gasteiger charge is 2.19. The summed E-state index contributed by atoms with van der Waals surface area (Å²) in [6.45, 7) is 4.22. The van der Waals surface area contributed by atoms with Gasteiger partial charge in [0.1, 0.15) is 5.78 Å². The molecule has 0 saturated carbocycles. The van der Waals surface area contributed by atoms with Crippen molar-refractivity contribution in [2.75, 3.05) is 13.1 Å². The van der Waals surface area contributed by atoms with Crippen LogP contribution in [0.2, 0.25) is 0 Å². The first-order valence-corrected chi connectivity index (χ1v) is 6.08. The summed E-state index contributed by atoms with van der Waals surface area (Å²) in [6.07, 6.45) is 7.94. The summed E-state index contributed by atoms with van der Waals surface area (Å²) in [6, 6.07) is 0. The molecular weight excluding hydrogens is 174 g/mol. The number of hydrogen-bond donors (Lipinski definition) is 1. The number of rotatable bonds is 6. The van der Waals surface area contributed by atoms with Gasteiger partial charge >= 0.3 is 0 Å². The number of piperidine rings is 1. The molecule has 1 saturated heterocycles. The van der Waals surface area contributed by atoms with Gasteiger partial charge in [0, 0.05) is 18.9 Å². The highest BCUT2D eigenvalue weighted by Crippen LogP contribution is 2.15. The zero-order chi connectivity index (χ0) is 10.2. The molecule has 0 spiro atoms. The van der Waals surface area contributed by atoms with Crippen LogP contribution in [0.4, 0.5) is 0 Å². The molecule has 0 bridgehead atoms. The van der Waals surface area contributed by atoms with E-state index in [0.29, 0.717) is 11.7 Å². The standard InChI is InChI=1S/C12H23NO/c1-2-3-4-5-8-12(14)11-7-6-9-13-10-11/h11,13H,2-10H2,1H3. The number of carbonyl (C=O) groups excluding carboxylic acids is 1. The van der Waals surface area contributed by atoms with Crippen molar-refractivity contribution in [3.8, 4) is 0 Å². The fourth-order valence-corrected chi connectivity index (χ4v) is 2.06. The van der Waals surface area contributed by atoms with E-state index in [4.69, 9.17) is 0 Å². The minimum atomic E-state index is 0.324. The fourth-order valence-electron chi connectivity index (χ4n) is 2.06. The number of Topliss-reactive ketones (excluding diaryl/α,β-unsaturated/α-hetero) is 1. The van der Waals surface area contributed by atoms with Gasteiger partial charge in [-0.05, 0) is 25.8 Å². The Morgan fingerprint density at radius 1 is 1.36 bits per heavy atom. The summed E-state index contributed by atoms with van der Waals surface area (Å²) >= 11 is 0. The van der Waals surface area contributed by atoms with Crippen LogP contribution in [0.1, 0.15) is 51.9 Å². The second kappa shape index (κ2) is 6.99. The lowest BCUT2D eigenvalue weighted by Crippen LogP contribution is -2.34. The van der Waals surface area contributed by atoms with E-state index in [0.717, 1.165) is 32.4 Å². The van der Waals surface area contributed by atoms with Crippen molar-refractivity contribution in [1.82, 2.24) is 5.32 Å². The Kier molecular flexibility index (Phi) is 5.85. The fraction of sp³-hybridized carbons (Fsp3) is 0.917. The van der Waals surface area contributed by atoms with Gasteiger partial charge in [-0.1, -0.05) is 26.2 Å². The lowest BCUT2D eigenvalue weighted by atomic mass is 9.92. The highest BCUT2D eigenvalue weighted by atomic mass is 16.1. The number of ketones is 1. The molecule has 1 N–H and O–H groups in total. The summed E-state index contributed by atoms with van der Waals surface area (Å²) in [5.74, 6) is 0.818. The average molecular weight is 197 g/mol. The molecule has 0 amide bonds. The topological polar surface area (TPSA) is 29.1 Å². The van der Waals surface area contributed by atoms with Gasteiger partial charge in [0.2, 0.25) is 0 Å². The number of hydrogen-bond acceptors (Lipinski definition) is 2. The summed E-state index contributed by atoms with van der Waals surface area (Å²) in [5, 5.41) is 3.30. The van der Waals surface area contributed by atoms with Crippen LogP contribution in [-0.2, 0) is 4.79 Å². The molecule has 0 aromatic heterocycles. The van der Waals surface area contributed by atoms with Gasteiger partial charge in [-0.15, -0.1) is 0 Å². The van der Waals surface area contributed by atoms with Gasteiger partial charge in [-0.25, -0.2) is 0 Å². The summed E-state index contributed by atoms with van der Waals surface area (Å²) in [5.41, 5.74) is 0. The Morgan fingerprint density at radius 2 is 2.21 bits per heavy atom. The van der Waals surface area contributed by atoms with Crippen LogP contribution < -0.4 is 5.32 Å². The molecule has 0 radical (unpaired) electrons. The Hall–Kier alpha value is -0.370. The van der Waals surface area contributed by atoms with Crippen molar-refractivity contribution in [3.05, 3.63) is 0 Å². The molecule has 14 heavy (non-hydrogen) atoms. The monoisotopic (exact) mass is 197 g/mol. The Balaban J connectivity index is 2.07. The van der Waals surface area contributed by atoms with Crippen LogP contribution in [0.3, 0.4) is 0 Å². The molecule has 2 heteroatoms. The molecule has 0 aliphatic carbocycles. The van der Waals surface area contributed by atoms with Gasteiger partial charge < -0.3 is 5.32 Å². The van der Waals surface area contributed by atoms with E-state index >= 15 is 0 Å². The summed E-state index contributed by atoms with van der Waals surface area (Å²) in [4.78, 5) is 11.7. The average Bonchev–Trinajstić information content (AvgIpc) is 2.25. The smallest absolute Gasteiger partial charge is 0.137 e. The Labute approximate surface area is 87.5 Å². The predicted octanol–water partition coefficient (Wildman–Crippen LogP) is 2.53. The second-order valence-electron chi connectivity index (χ2n) is 4.32. The second-order valence-corrected chi connectivity index (χ2v) is 4.32. The van der Waals surface area contributed by atoms with Crippen molar-refractivity contribution >= 4 is 5.78 Å². The SMILES string of the molecule is CCCCCCC(=O)C1CCCNC1. The summed E-state index contributed by atoms with van der Waals surface area (Å²) in [7, 11) is 0. The van der Waals surface area contributed by atoms with E-state index in [9.17, 15) is 4.79 Å². The molecule has 1 fully saturated rings. The minimum Gasteiger partial charge on any atom is -0.316 e. The molecule has 0 aromatic rings.